The fraction of sp³-hybridized carbons (Fsp3) is 0.526. The van der Waals surface area contributed by atoms with Gasteiger partial charge in [-0.1, -0.05) is 32.3 Å². The molecule has 24 heavy (non-hydrogen) atoms. The van der Waals surface area contributed by atoms with Crippen molar-refractivity contribution in [1.29, 1.82) is 0 Å². The Bertz CT molecular complexity index is 671. The summed E-state index contributed by atoms with van der Waals surface area (Å²) < 4.78 is 0. The minimum absolute atomic E-state index is 0.0192. The molecule has 2 aromatic heterocycles. The summed E-state index contributed by atoms with van der Waals surface area (Å²) in [7, 11) is 1.83. The number of aryl methyl sites for hydroxylation is 1. The monoisotopic (exact) mass is 326 g/mol. The van der Waals surface area contributed by atoms with Crippen LogP contribution in [0, 0.1) is 0 Å². The van der Waals surface area contributed by atoms with E-state index in [4.69, 9.17) is 0 Å². The minimum atomic E-state index is 0.0192. The maximum atomic E-state index is 12.8. The number of aromatic nitrogens is 3. The minimum Gasteiger partial charge on any atom is -0.336 e. The van der Waals surface area contributed by atoms with Crippen molar-refractivity contribution >= 4 is 5.91 Å². The summed E-state index contributed by atoms with van der Waals surface area (Å²) in [5.41, 5.74) is 3.85. The SMILES string of the molecule is CCc1ccc(CN(C)C(=O)c2cn[nH]c2C2CCCCC2)nc1. The summed E-state index contributed by atoms with van der Waals surface area (Å²) in [4.78, 5) is 19.0. The second-order valence-electron chi connectivity index (χ2n) is 6.70. The Balaban J connectivity index is 1.70. The van der Waals surface area contributed by atoms with E-state index in [9.17, 15) is 4.79 Å². The van der Waals surface area contributed by atoms with Crippen molar-refractivity contribution in [2.75, 3.05) is 7.05 Å². The van der Waals surface area contributed by atoms with Gasteiger partial charge in [0.2, 0.25) is 0 Å². The smallest absolute Gasteiger partial charge is 0.257 e. The zero-order valence-electron chi connectivity index (χ0n) is 14.6. The molecule has 2 heterocycles. The van der Waals surface area contributed by atoms with Crippen LogP contribution in [0.25, 0.3) is 0 Å². The number of nitrogens with one attached hydrogen (secondary N) is 1. The molecule has 1 amide bonds. The number of hydrogen-bond acceptors (Lipinski definition) is 3. The van der Waals surface area contributed by atoms with E-state index in [0.717, 1.165) is 36.2 Å². The third-order valence-electron chi connectivity index (χ3n) is 4.95. The van der Waals surface area contributed by atoms with Gasteiger partial charge in [-0.15, -0.1) is 0 Å². The van der Waals surface area contributed by atoms with Gasteiger partial charge in [0.15, 0.2) is 0 Å². The van der Waals surface area contributed by atoms with Gasteiger partial charge in [0.1, 0.15) is 0 Å². The van der Waals surface area contributed by atoms with Gasteiger partial charge in [0, 0.05) is 19.2 Å². The lowest BCUT2D eigenvalue weighted by molar-refractivity contribution is 0.0781. The number of carbonyl (C=O) groups excluding carboxylic acids is 1. The van der Waals surface area contributed by atoms with E-state index in [1.165, 1.54) is 24.8 Å². The Morgan fingerprint density at radius 1 is 1.25 bits per heavy atom. The number of hydrogen-bond donors (Lipinski definition) is 1. The molecule has 128 valence electrons. The Labute approximate surface area is 143 Å². The average molecular weight is 326 g/mol. The second kappa shape index (κ2) is 7.60. The first-order valence-electron chi connectivity index (χ1n) is 8.91. The first-order chi connectivity index (χ1) is 11.7. The third-order valence-corrected chi connectivity index (χ3v) is 4.95. The van der Waals surface area contributed by atoms with Crippen LogP contribution in [0.2, 0.25) is 0 Å². The highest BCUT2D eigenvalue weighted by atomic mass is 16.2. The Kier molecular flexibility index (Phi) is 5.28. The molecule has 1 aliphatic carbocycles. The van der Waals surface area contributed by atoms with Crippen LogP contribution in [0.4, 0.5) is 0 Å². The van der Waals surface area contributed by atoms with Gasteiger partial charge in [-0.05, 0) is 30.9 Å². The molecule has 1 aliphatic rings. The Morgan fingerprint density at radius 2 is 2.04 bits per heavy atom. The molecule has 3 rings (SSSR count). The normalized spacial score (nSPS) is 15.4. The van der Waals surface area contributed by atoms with Crippen molar-refractivity contribution in [3.63, 3.8) is 0 Å². The van der Waals surface area contributed by atoms with Gasteiger partial charge in [-0.25, -0.2) is 0 Å². The largest absolute Gasteiger partial charge is 0.336 e. The number of nitrogens with zero attached hydrogens (tertiary/aromatic N) is 3. The summed E-state index contributed by atoms with van der Waals surface area (Å²) in [6.07, 6.45) is 10.6. The van der Waals surface area contributed by atoms with Gasteiger partial charge in [-0.2, -0.15) is 5.10 Å². The van der Waals surface area contributed by atoms with Gasteiger partial charge in [-0.3, -0.25) is 14.9 Å². The van der Waals surface area contributed by atoms with Gasteiger partial charge in [0.05, 0.1) is 29.7 Å². The van der Waals surface area contributed by atoms with Crippen molar-refractivity contribution in [1.82, 2.24) is 20.1 Å². The fourth-order valence-electron chi connectivity index (χ4n) is 3.45. The van der Waals surface area contributed by atoms with Crippen LogP contribution in [0.15, 0.2) is 24.5 Å². The van der Waals surface area contributed by atoms with Crippen LogP contribution in [-0.4, -0.2) is 33.0 Å². The van der Waals surface area contributed by atoms with Crippen molar-refractivity contribution in [3.05, 3.63) is 47.0 Å². The van der Waals surface area contributed by atoms with Crippen LogP contribution in [0.3, 0.4) is 0 Å². The molecular formula is C19H26N4O. The van der Waals surface area contributed by atoms with E-state index in [-0.39, 0.29) is 5.91 Å². The second-order valence-corrected chi connectivity index (χ2v) is 6.70. The molecule has 0 bridgehead atoms. The van der Waals surface area contributed by atoms with E-state index in [1.54, 1.807) is 11.1 Å². The predicted octanol–water partition coefficient (Wildman–Crippen LogP) is 3.69. The molecule has 0 atom stereocenters. The molecule has 5 heteroatoms. The van der Waals surface area contributed by atoms with Gasteiger partial charge in [0.25, 0.3) is 5.91 Å². The lowest BCUT2D eigenvalue weighted by Gasteiger charge is -2.23. The van der Waals surface area contributed by atoms with Gasteiger partial charge >= 0.3 is 0 Å². The number of amides is 1. The van der Waals surface area contributed by atoms with Gasteiger partial charge < -0.3 is 4.90 Å². The van der Waals surface area contributed by atoms with Crippen molar-refractivity contribution in [3.8, 4) is 0 Å². The summed E-state index contributed by atoms with van der Waals surface area (Å²) in [6, 6.07) is 4.08. The number of aromatic amines is 1. The molecule has 0 unspecified atom stereocenters. The van der Waals surface area contributed by atoms with Crippen LogP contribution in [0.1, 0.15) is 72.3 Å². The molecule has 1 N–H and O–H groups in total. The Hall–Kier alpha value is -2.17. The fourth-order valence-corrected chi connectivity index (χ4v) is 3.45. The lowest BCUT2D eigenvalue weighted by atomic mass is 9.85. The molecular weight excluding hydrogens is 300 g/mol. The molecule has 1 fully saturated rings. The summed E-state index contributed by atoms with van der Waals surface area (Å²) in [5.74, 6) is 0.459. The van der Waals surface area contributed by atoms with E-state index in [0.29, 0.717) is 12.5 Å². The molecule has 0 radical (unpaired) electrons. The van der Waals surface area contributed by atoms with Crippen LogP contribution in [-0.2, 0) is 13.0 Å². The number of rotatable bonds is 5. The molecule has 5 nitrogen and oxygen atoms in total. The maximum absolute atomic E-state index is 12.8. The van der Waals surface area contributed by atoms with Crippen molar-refractivity contribution in [2.24, 2.45) is 0 Å². The first-order valence-corrected chi connectivity index (χ1v) is 8.91. The number of carbonyl (C=O) groups is 1. The summed E-state index contributed by atoms with van der Waals surface area (Å²) in [5, 5.41) is 7.22. The molecule has 0 aromatic carbocycles. The number of pyridine rings is 1. The van der Waals surface area contributed by atoms with Crippen LogP contribution in [0.5, 0.6) is 0 Å². The molecule has 0 aliphatic heterocycles. The maximum Gasteiger partial charge on any atom is 0.257 e. The zero-order valence-corrected chi connectivity index (χ0v) is 14.6. The highest BCUT2D eigenvalue weighted by Crippen LogP contribution is 2.33. The topological polar surface area (TPSA) is 61.9 Å². The van der Waals surface area contributed by atoms with Crippen LogP contribution < -0.4 is 0 Å². The standard InChI is InChI=1S/C19H26N4O/c1-3-14-9-10-16(20-11-14)13-23(2)19(24)17-12-21-22-18(17)15-7-5-4-6-8-15/h9-12,15H,3-8,13H2,1-2H3,(H,21,22). The average Bonchev–Trinajstić information content (AvgIpc) is 3.12. The van der Waals surface area contributed by atoms with Crippen molar-refractivity contribution in [2.45, 2.75) is 57.9 Å². The first kappa shape index (κ1) is 16.7. The third kappa shape index (κ3) is 3.66. The van der Waals surface area contributed by atoms with E-state index >= 15 is 0 Å². The molecule has 0 saturated heterocycles. The predicted molar refractivity (Wildman–Crippen MR) is 93.8 cm³/mol. The number of H-pyrrole nitrogens is 1. The molecule has 0 spiro atoms. The highest BCUT2D eigenvalue weighted by Gasteiger charge is 2.25. The van der Waals surface area contributed by atoms with E-state index in [2.05, 4.69) is 28.2 Å². The highest BCUT2D eigenvalue weighted by molar-refractivity contribution is 5.95. The van der Waals surface area contributed by atoms with E-state index < -0.39 is 0 Å². The summed E-state index contributed by atoms with van der Waals surface area (Å²) in [6.45, 7) is 2.62. The van der Waals surface area contributed by atoms with Crippen molar-refractivity contribution < 1.29 is 4.79 Å². The molecule has 2 aromatic rings. The lowest BCUT2D eigenvalue weighted by Crippen LogP contribution is -2.27. The van der Waals surface area contributed by atoms with E-state index in [1.807, 2.05) is 19.3 Å². The zero-order chi connectivity index (χ0) is 16.9. The van der Waals surface area contributed by atoms with Crippen LogP contribution >= 0.6 is 0 Å². The molecule has 1 saturated carbocycles. The Morgan fingerprint density at radius 3 is 2.71 bits per heavy atom. The summed E-state index contributed by atoms with van der Waals surface area (Å²) >= 11 is 0. The quantitative estimate of drug-likeness (QED) is 0.911.